The lowest BCUT2D eigenvalue weighted by Gasteiger charge is -2.10. The summed E-state index contributed by atoms with van der Waals surface area (Å²) in [6, 6.07) is 11.3. The molecule has 0 fully saturated rings. The molecule has 0 atom stereocenters. The lowest BCUT2D eigenvalue weighted by molar-refractivity contribution is -0.134. The van der Waals surface area contributed by atoms with Crippen LogP contribution in [0.2, 0.25) is 0 Å². The second kappa shape index (κ2) is 9.99. The van der Waals surface area contributed by atoms with E-state index in [1.54, 1.807) is 42.1 Å². The first-order valence-corrected chi connectivity index (χ1v) is 10.1. The van der Waals surface area contributed by atoms with Crippen LogP contribution in [0.3, 0.4) is 0 Å². The number of nitrogens with zero attached hydrogens (tertiary/aromatic N) is 2. The molecular weight excluding hydrogens is 444 g/mol. The van der Waals surface area contributed by atoms with E-state index in [0.29, 0.717) is 22.5 Å². The first-order valence-electron chi connectivity index (χ1n) is 10.1. The maximum atomic E-state index is 11.5. The molecule has 1 aromatic heterocycles. The van der Waals surface area contributed by atoms with Crippen molar-refractivity contribution in [3.8, 4) is 45.5 Å². The van der Waals surface area contributed by atoms with Crippen LogP contribution in [0, 0.1) is 0 Å². The van der Waals surface area contributed by atoms with Gasteiger partial charge in [-0.3, -0.25) is 23.9 Å². The fraction of sp³-hybridized carbons (Fsp3) is 0.208. The average Bonchev–Trinajstić information content (AvgIpc) is 3.11. The van der Waals surface area contributed by atoms with Crippen LogP contribution in [-0.2, 0) is 26.2 Å². The number of aryl methyl sites for hydroxylation is 1. The normalized spacial score (nSPS) is 10.4. The molecule has 0 N–H and O–H groups in total. The minimum Gasteiger partial charge on any atom is -0.423 e. The van der Waals surface area contributed by atoms with Gasteiger partial charge in [0.25, 0.3) is 0 Å². The Bertz CT molecular complexity index is 1290. The summed E-state index contributed by atoms with van der Waals surface area (Å²) in [6.45, 7) is 4.97. The standard InChI is InChI=1S/C24H22N2O8/c1-13(27)31-21-8-6-17(10-23(21)33-15(3)29)19-12-20(26(5)25-19)18-7-9-22(32-14(2)28)24(11-18)34-16(4)30/h6-12H,1-5H3. The van der Waals surface area contributed by atoms with Crippen LogP contribution in [0.1, 0.15) is 27.7 Å². The number of esters is 4. The van der Waals surface area contributed by atoms with Crippen molar-refractivity contribution in [1.82, 2.24) is 9.78 Å². The Hall–Kier alpha value is -4.47. The quantitative estimate of drug-likeness (QED) is 0.397. The van der Waals surface area contributed by atoms with E-state index in [1.165, 1.54) is 39.8 Å². The molecule has 0 amide bonds. The third kappa shape index (κ3) is 5.85. The number of hydrogen-bond donors (Lipinski definition) is 0. The summed E-state index contributed by atoms with van der Waals surface area (Å²) in [5, 5.41) is 4.50. The zero-order valence-corrected chi connectivity index (χ0v) is 19.2. The molecule has 0 radical (unpaired) electrons. The lowest BCUT2D eigenvalue weighted by atomic mass is 10.1. The molecule has 1 heterocycles. The fourth-order valence-corrected chi connectivity index (χ4v) is 3.16. The van der Waals surface area contributed by atoms with Crippen LogP contribution in [-0.4, -0.2) is 33.7 Å². The maximum absolute atomic E-state index is 11.5. The molecule has 0 saturated heterocycles. The Labute approximate surface area is 195 Å². The highest BCUT2D eigenvalue weighted by Gasteiger charge is 2.17. The van der Waals surface area contributed by atoms with Gasteiger partial charge in [0.05, 0.1) is 11.4 Å². The van der Waals surface area contributed by atoms with E-state index < -0.39 is 23.9 Å². The van der Waals surface area contributed by atoms with Crippen molar-refractivity contribution in [2.75, 3.05) is 0 Å². The van der Waals surface area contributed by atoms with Gasteiger partial charge in [0.15, 0.2) is 23.0 Å². The zero-order chi connectivity index (χ0) is 25.0. The third-order valence-electron chi connectivity index (χ3n) is 4.37. The smallest absolute Gasteiger partial charge is 0.308 e. The second-order valence-electron chi connectivity index (χ2n) is 7.24. The Morgan fingerprint density at radius 3 is 1.50 bits per heavy atom. The van der Waals surface area contributed by atoms with Crippen LogP contribution in [0.4, 0.5) is 0 Å². The van der Waals surface area contributed by atoms with Crippen LogP contribution in [0.15, 0.2) is 42.5 Å². The Balaban J connectivity index is 2.02. The van der Waals surface area contributed by atoms with Crippen molar-refractivity contribution in [2.24, 2.45) is 7.05 Å². The minimum absolute atomic E-state index is 0.0790. The van der Waals surface area contributed by atoms with Crippen molar-refractivity contribution in [3.05, 3.63) is 42.5 Å². The molecule has 0 spiro atoms. The summed E-state index contributed by atoms with van der Waals surface area (Å²) < 4.78 is 22.2. The zero-order valence-electron chi connectivity index (χ0n) is 19.2. The largest absolute Gasteiger partial charge is 0.423 e. The van der Waals surface area contributed by atoms with E-state index in [1.807, 2.05) is 0 Å². The molecule has 3 rings (SSSR count). The third-order valence-corrected chi connectivity index (χ3v) is 4.37. The molecule has 0 aliphatic heterocycles. The molecule has 0 bridgehead atoms. The van der Waals surface area contributed by atoms with Gasteiger partial charge in [-0.1, -0.05) is 0 Å². The summed E-state index contributed by atoms with van der Waals surface area (Å²) in [7, 11) is 1.73. The monoisotopic (exact) mass is 466 g/mol. The van der Waals surface area contributed by atoms with Gasteiger partial charge in [-0.25, -0.2) is 0 Å². The summed E-state index contributed by atoms with van der Waals surface area (Å²) in [6.07, 6.45) is 0. The number of carbonyl (C=O) groups is 4. The van der Waals surface area contributed by atoms with Gasteiger partial charge >= 0.3 is 23.9 Å². The van der Waals surface area contributed by atoms with Crippen LogP contribution >= 0.6 is 0 Å². The number of ether oxygens (including phenoxy) is 4. The van der Waals surface area contributed by atoms with Crippen molar-refractivity contribution < 1.29 is 38.1 Å². The van der Waals surface area contributed by atoms with Crippen molar-refractivity contribution in [1.29, 1.82) is 0 Å². The predicted octanol–water partition coefficient (Wildman–Crippen LogP) is 3.46. The van der Waals surface area contributed by atoms with Gasteiger partial charge < -0.3 is 18.9 Å². The molecular formula is C24H22N2O8. The molecule has 0 saturated carbocycles. The fourth-order valence-electron chi connectivity index (χ4n) is 3.16. The number of hydrogen-bond acceptors (Lipinski definition) is 9. The first-order chi connectivity index (χ1) is 16.0. The number of aromatic nitrogens is 2. The van der Waals surface area contributed by atoms with E-state index in [9.17, 15) is 19.2 Å². The van der Waals surface area contributed by atoms with Gasteiger partial charge in [0.1, 0.15) is 0 Å². The molecule has 10 nitrogen and oxygen atoms in total. The van der Waals surface area contributed by atoms with Crippen LogP contribution in [0.5, 0.6) is 23.0 Å². The summed E-state index contributed by atoms with van der Waals surface area (Å²) in [4.78, 5) is 45.7. The lowest BCUT2D eigenvalue weighted by Crippen LogP contribution is -2.07. The summed E-state index contributed by atoms with van der Waals surface area (Å²) in [5.41, 5.74) is 2.45. The average molecular weight is 466 g/mol. The molecule has 0 aliphatic carbocycles. The van der Waals surface area contributed by atoms with Crippen LogP contribution < -0.4 is 18.9 Å². The van der Waals surface area contributed by atoms with E-state index >= 15 is 0 Å². The summed E-state index contributed by atoms with van der Waals surface area (Å²) >= 11 is 0. The second-order valence-corrected chi connectivity index (χ2v) is 7.24. The molecule has 2 aromatic carbocycles. The first kappa shape index (κ1) is 24.2. The Kier molecular flexibility index (Phi) is 7.10. The Morgan fingerprint density at radius 2 is 1.03 bits per heavy atom. The molecule has 10 heteroatoms. The molecule has 0 aliphatic rings. The van der Waals surface area contributed by atoms with Gasteiger partial charge in [-0.05, 0) is 42.5 Å². The van der Waals surface area contributed by atoms with Gasteiger partial charge in [-0.15, -0.1) is 0 Å². The van der Waals surface area contributed by atoms with E-state index in [4.69, 9.17) is 18.9 Å². The molecule has 176 valence electrons. The predicted molar refractivity (Wildman–Crippen MR) is 119 cm³/mol. The summed E-state index contributed by atoms with van der Waals surface area (Å²) in [5.74, 6) is -1.86. The number of benzene rings is 2. The van der Waals surface area contributed by atoms with Crippen molar-refractivity contribution in [2.45, 2.75) is 27.7 Å². The van der Waals surface area contributed by atoms with Crippen molar-refractivity contribution in [3.63, 3.8) is 0 Å². The van der Waals surface area contributed by atoms with Crippen molar-refractivity contribution >= 4 is 23.9 Å². The van der Waals surface area contributed by atoms with E-state index in [0.717, 1.165) is 0 Å². The highest BCUT2D eigenvalue weighted by Crippen LogP contribution is 2.36. The minimum atomic E-state index is -0.571. The van der Waals surface area contributed by atoms with Gasteiger partial charge in [0, 0.05) is 45.9 Å². The highest BCUT2D eigenvalue weighted by molar-refractivity contribution is 5.78. The molecule has 3 aromatic rings. The van der Waals surface area contributed by atoms with Gasteiger partial charge in [0.2, 0.25) is 0 Å². The molecule has 34 heavy (non-hydrogen) atoms. The highest BCUT2D eigenvalue weighted by atomic mass is 16.6. The molecule has 0 unspecified atom stereocenters. The number of carbonyl (C=O) groups excluding carboxylic acids is 4. The topological polar surface area (TPSA) is 123 Å². The maximum Gasteiger partial charge on any atom is 0.308 e. The number of rotatable bonds is 6. The van der Waals surface area contributed by atoms with E-state index in [-0.39, 0.29) is 23.0 Å². The van der Waals surface area contributed by atoms with Gasteiger partial charge in [-0.2, -0.15) is 5.10 Å². The SMILES string of the molecule is CC(=O)Oc1ccc(-c2cc(-c3ccc(OC(C)=O)c(OC(C)=O)c3)n(C)n2)cc1OC(C)=O. The Morgan fingerprint density at radius 1 is 0.618 bits per heavy atom. The van der Waals surface area contributed by atoms with Crippen LogP contribution in [0.25, 0.3) is 22.5 Å². The van der Waals surface area contributed by atoms with E-state index in [2.05, 4.69) is 5.10 Å².